The molecule has 6 N–H and O–H groups in total. The van der Waals surface area contributed by atoms with Gasteiger partial charge in [0, 0.05) is 0 Å². The van der Waals surface area contributed by atoms with E-state index in [2.05, 4.69) is 0 Å². The van der Waals surface area contributed by atoms with E-state index in [0.29, 0.717) is 0 Å². The second kappa shape index (κ2) is 106. The molecule has 3 nitrogen and oxygen atoms in total. The van der Waals surface area contributed by atoms with Crippen LogP contribution in [0.4, 0.5) is 0 Å². The summed E-state index contributed by atoms with van der Waals surface area (Å²) < 4.78 is 0. The van der Waals surface area contributed by atoms with Gasteiger partial charge in [-0.15, -0.1) is 0 Å². The van der Waals surface area contributed by atoms with Gasteiger partial charge in [0.15, 0.2) is 0 Å². The molecule has 0 saturated carbocycles. The van der Waals surface area contributed by atoms with Crippen molar-refractivity contribution in [1.82, 2.24) is 0 Å². The molecule has 4 heavy (non-hydrogen) atoms. The SMILES string of the molecule is O.O.O.[AsH3]. The van der Waals surface area contributed by atoms with Gasteiger partial charge in [-0.25, -0.2) is 0 Å². The first kappa shape index (κ1) is 273. The third-order valence-corrected chi connectivity index (χ3v) is 0. The van der Waals surface area contributed by atoms with Crippen molar-refractivity contribution in [2.75, 3.05) is 0 Å². The number of hydrogen-bond acceptors (Lipinski definition) is 0. The van der Waals surface area contributed by atoms with E-state index in [0.717, 1.165) is 0 Å². The third-order valence-electron chi connectivity index (χ3n) is 0. The molecule has 0 aliphatic heterocycles. The summed E-state index contributed by atoms with van der Waals surface area (Å²) in [5, 5.41) is 0. The fourth-order valence-corrected chi connectivity index (χ4v) is 0. The van der Waals surface area contributed by atoms with E-state index in [4.69, 9.17) is 0 Å². The molecule has 0 bridgehead atoms. The van der Waals surface area contributed by atoms with Crippen LogP contribution in [0, 0.1) is 0 Å². The zero-order valence-electron chi connectivity index (χ0n) is 2.21. The maximum atomic E-state index is 0. The van der Waals surface area contributed by atoms with Crippen molar-refractivity contribution in [1.29, 1.82) is 0 Å². The Morgan fingerprint density at radius 3 is 0.500 bits per heavy atom. The molecule has 0 aliphatic rings. The van der Waals surface area contributed by atoms with Crippen molar-refractivity contribution in [3.63, 3.8) is 0 Å². The zero-order valence-corrected chi connectivity index (χ0v) is 5.17. The van der Waals surface area contributed by atoms with Crippen LogP contribution in [-0.4, -0.2) is 34.4 Å². The van der Waals surface area contributed by atoms with Gasteiger partial charge in [-0.05, 0) is 0 Å². The minimum absolute atomic E-state index is 0. The second-order valence-corrected chi connectivity index (χ2v) is 0. The third kappa shape index (κ3) is 26.2. The summed E-state index contributed by atoms with van der Waals surface area (Å²) in [6.07, 6.45) is 0. The molecule has 0 aromatic rings. The molecule has 0 fully saturated rings. The molecule has 0 rings (SSSR count). The first-order chi connectivity index (χ1) is 0. The van der Waals surface area contributed by atoms with Gasteiger partial charge < -0.3 is 16.4 Å². The zero-order chi connectivity index (χ0) is 0. The van der Waals surface area contributed by atoms with Crippen LogP contribution >= 0.6 is 0 Å². The Hall–Kier alpha value is 0.438. The summed E-state index contributed by atoms with van der Waals surface area (Å²) in [5.74, 6) is 0. The van der Waals surface area contributed by atoms with Gasteiger partial charge in [-0.3, -0.25) is 0 Å². The van der Waals surface area contributed by atoms with E-state index in [1.54, 1.807) is 0 Å². The van der Waals surface area contributed by atoms with Crippen molar-refractivity contribution in [3.05, 3.63) is 0 Å². The van der Waals surface area contributed by atoms with E-state index in [1.807, 2.05) is 0 Å². The first-order valence-corrected chi connectivity index (χ1v) is 0. The Morgan fingerprint density at radius 1 is 0.500 bits per heavy atom. The summed E-state index contributed by atoms with van der Waals surface area (Å²) >= 11 is 0. The molecule has 4 heteroatoms. The van der Waals surface area contributed by atoms with E-state index >= 15 is 0 Å². The van der Waals surface area contributed by atoms with Crippen molar-refractivity contribution < 1.29 is 16.4 Å². The van der Waals surface area contributed by atoms with Crippen molar-refractivity contribution >= 4 is 18.0 Å². The molecule has 32 valence electrons. The fourth-order valence-electron chi connectivity index (χ4n) is 0. The summed E-state index contributed by atoms with van der Waals surface area (Å²) in [4.78, 5) is 0. The van der Waals surface area contributed by atoms with Gasteiger partial charge in [0.2, 0.25) is 0 Å². The van der Waals surface area contributed by atoms with Crippen LogP contribution in [0.25, 0.3) is 0 Å². The summed E-state index contributed by atoms with van der Waals surface area (Å²) in [6, 6.07) is 0. The number of hydrogen-bond donors (Lipinski definition) is 0. The molecule has 0 aromatic carbocycles. The van der Waals surface area contributed by atoms with Gasteiger partial charge in [0.25, 0.3) is 0 Å². The van der Waals surface area contributed by atoms with Crippen LogP contribution in [0.3, 0.4) is 0 Å². The summed E-state index contributed by atoms with van der Waals surface area (Å²) in [5.41, 5.74) is 0. The quantitative estimate of drug-likeness (QED) is 0.304. The van der Waals surface area contributed by atoms with Crippen LogP contribution < -0.4 is 0 Å². The van der Waals surface area contributed by atoms with Crippen molar-refractivity contribution in [2.45, 2.75) is 0 Å². The molecule has 0 aliphatic carbocycles. The Bertz CT molecular complexity index is 3.25. The fraction of sp³-hybridized carbons (Fsp3) is 0. The first-order valence-electron chi connectivity index (χ1n) is 0. The normalized spacial score (nSPS) is 0. The molecular formula is H9AsO3. The predicted octanol–water partition coefficient (Wildman–Crippen LogP) is -3.66. The monoisotopic (exact) mass is 132 g/mol. The van der Waals surface area contributed by atoms with Crippen LogP contribution in [-0.2, 0) is 0 Å². The average Bonchev–Trinajstić information content (AvgIpc) is 0. The van der Waals surface area contributed by atoms with Crippen molar-refractivity contribution in [3.8, 4) is 0 Å². The standard InChI is InChI=1S/AsH3.3H2O/h1H3;3*1H2. The Kier molecular flexibility index (Phi) is 7260. The molecule has 0 heterocycles. The minimum atomic E-state index is 0. The van der Waals surface area contributed by atoms with Gasteiger partial charge in [0.1, 0.15) is 0 Å². The van der Waals surface area contributed by atoms with E-state index in [9.17, 15) is 0 Å². The average molecular weight is 132 g/mol. The van der Waals surface area contributed by atoms with Crippen LogP contribution in [0.1, 0.15) is 0 Å². The Morgan fingerprint density at radius 2 is 0.500 bits per heavy atom. The molecule has 1 atom stereocenters. The topological polar surface area (TPSA) is 94.5 Å². The van der Waals surface area contributed by atoms with E-state index < -0.39 is 0 Å². The maximum absolute atomic E-state index is 0. The molecular weight excluding hydrogens is 123 g/mol. The molecule has 0 aromatic heterocycles. The van der Waals surface area contributed by atoms with Crippen LogP contribution in [0.2, 0.25) is 0 Å². The molecule has 0 radical (unpaired) electrons. The van der Waals surface area contributed by atoms with Crippen LogP contribution in [0.5, 0.6) is 0 Å². The Balaban J connectivity index is 0. The van der Waals surface area contributed by atoms with E-state index in [-0.39, 0.29) is 34.4 Å². The van der Waals surface area contributed by atoms with Gasteiger partial charge in [-0.1, -0.05) is 0 Å². The van der Waals surface area contributed by atoms with Gasteiger partial charge in [0.05, 0.1) is 0 Å². The molecule has 0 amide bonds. The second-order valence-electron chi connectivity index (χ2n) is 0. The van der Waals surface area contributed by atoms with Crippen LogP contribution in [0.15, 0.2) is 0 Å². The summed E-state index contributed by atoms with van der Waals surface area (Å²) in [6.45, 7) is 0. The number of rotatable bonds is 0. The van der Waals surface area contributed by atoms with E-state index in [1.165, 1.54) is 0 Å². The molecule has 0 spiro atoms. The Labute approximate surface area is 35.2 Å². The van der Waals surface area contributed by atoms with Gasteiger partial charge >= 0.3 is 18.0 Å². The molecule has 0 saturated heterocycles. The predicted molar refractivity (Wildman–Crippen MR) is 20.8 cm³/mol. The molecule has 1 unspecified atom stereocenters. The van der Waals surface area contributed by atoms with Crippen molar-refractivity contribution in [2.24, 2.45) is 0 Å². The van der Waals surface area contributed by atoms with Gasteiger partial charge in [-0.2, -0.15) is 0 Å². The summed E-state index contributed by atoms with van der Waals surface area (Å²) in [7, 11) is 0.